The molecule has 2 aromatic rings. The van der Waals surface area contributed by atoms with Crippen molar-refractivity contribution in [2.24, 2.45) is 0 Å². The van der Waals surface area contributed by atoms with E-state index < -0.39 is 18.0 Å². The smallest absolute Gasteiger partial charge is 0.354 e. The third-order valence-electron chi connectivity index (χ3n) is 6.47. The first-order valence-electron chi connectivity index (χ1n) is 10.7. The number of nitriles is 1. The summed E-state index contributed by atoms with van der Waals surface area (Å²) in [4.78, 5) is 1.34. The van der Waals surface area contributed by atoms with Crippen LogP contribution in [0.3, 0.4) is 0 Å². The molecule has 3 nitrogen and oxygen atoms in total. The summed E-state index contributed by atoms with van der Waals surface area (Å²) >= 11 is 0. The summed E-state index contributed by atoms with van der Waals surface area (Å²) in [7, 11) is 0. The van der Waals surface area contributed by atoms with Gasteiger partial charge in [-0.2, -0.15) is 18.4 Å². The molecule has 1 aliphatic heterocycles. The van der Waals surface area contributed by atoms with Gasteiger partial charge in [0.05, 0.1) is 22.5 Å². The third kappa shape index (κ3) is 3.62. The predicted octanol–water partition coefficient (Wildman–Crippen LogP) is 6.63. The first kappa shape index (κ1) is 21.5. The molecule has 0 spiro atoms. The molecule has 164 valence electrons. The van der Waals surface area contributed by atoms with Gasteiger partial charge in [0.2, 0.25) is 0 Å². The van der Waals surface area contributed by atoms with Crippen molar-refractivity contribution in [2.75, 3.05) is 6.54 Å². The number of alkyl halides is 3. The van der Waals surface area contributed by atoms with Crippen molar-refractivity contribution in [1.82, 2.24) is 9.47 Å². The highest BCUT2D eigenvalue weighted by molar-refractivity contribution is 5.93. The summed E-state index contributed by atoms with van der Waals surface area (Å²) < 4.78 is 58.1. The molecule has 1 atom stereocenters. The predicted molar refractivity (Wildman–Crippen MR) is 113 cm³/mol. The number of allylic oxidation sites excluding steroid dienone is 2. The minimum atomic E-state index is -4.40. The number of hydrogen-bond donors (Lipinski definition) is 0. The van der Waals surface area contributed by atoms with E-state index in [2.05, 4.69) is 6.07 Å². The largest absolute Gasteiger partial charge is 0.408 e. The quantitative estimate of drug-likeness (QED) is 0.509. The number of fused-ring (bicyclic) bond motifs is 1. The van der Waals surface area contributed by atoms with E-state index in [0.717, 1.165) is 25.7 Å². The van der Waals surface area contributed by atoms with Gasteiger partial charge in [-0.15, -0.1) is 0 Å². The maximum Gasteiger partial charge on any atom is 0.408 e. The molecule has 1 fully saturated rings. The number of rotatable bonds is 4. The van der Waals surface area contributed by atoms with Gasteiger partial charge in [-0.1, -0.05) is 31.9 Å². The summed E-state index contributed by atoms with van der Waals surface area (Å²) in [5, 5.41) is 10.5. The maximum atomic E-state index is 14.4. The Morgan fingerprint density at radius 2 is 1.94 bits per heavy atom. The average molecular weight is 431 g/mol. The molecule has 2 aliphatic rings. The van der Waals surface area contributed by atoms with Crippen LogP contribution in [-0.2, 0) is 0 Å². The summed E-state index contributed by atoms with van der Waals surface area (Å²) in [5.74, 6) is -0.421. The van der Waals surface area contributed by atoms with E-state index in [0.29, 0.717) is 27.9 Å². The minimum absolute atomic E-state index is 0.0732. The highest BCUT2D eigenvalue weighted by Crippen LogP contribution is 2.43. The molecule has 1 aromatic carbocycles. The van der Waals surface area contributed by atoms with Crippen LogP contribution in [-0.4, -0.2) is 28.2 Å². The highest BCUT2D eigenvalue weighted by Gasteiger charge is 2.44. The van der Waals surface area contributed by atoms with Crippen LogP contribution < -0.4 is 0 Å². The zero-order valence-electron chi connectivity index (χ0n) is 17.6. The Hall–Kier alpha value is -2.75. The van der Waals surface area contributed by atoms with E-state index in [1.165, 1.54) is 17.9 Å². The molecule has 0 saturated heterocycles. The topological polar surface area (TPSA) is 32.0 Å². The average Bonchev–Trinajstić information content (AvgIpc) is 3.34. The summed E-state index contributed by atoms with van der Waals surface area (Å²) in [6.45, 7) is 3.29. The Balaban J connectivity index is 2.01. The molecule has 0 bridgehead atoms. The molecule has 31 heavy (non-hydrogen) atoms. The lowest BCUT2D eigenvalue weighted by molar-refractivity contribution is -0.174. The molecule has 1 aliphatic carbocycles. The molecular weight excluding hydrogens is 406 g/mol. The number of aryl methyl sites for hydroxylation is 1. The fourth-order valence-electron chi connectivity index (χ4n) is 5.01. The second-order valence-corrected chi connectivity index (χ2v) is 8.36. The SMILES string of the molecule is CC[C@H](N1CC=CC=C1c1c(C#N)c2cc(F)c(C)cc2n1C1CCCC1)C(F)(F)F. The molecule has 7 heteroatoms. The van der Waals surface area contributed by atoms with Crippen molar-refractivity contribution in [1.29, 1.82) is 5.26 Å². The van der Waals surface area contributed by atoms with Crippen LogP contribution in [0.25, 0.3) is 16.6 Å². The zero-order valence-corrected chi connectivity index (χ0v) is 17.6. The van der Waals surface area contributed by atoms with Gasteiger partial charge in [-0.05, 0) is 50.0 Å². The fraction of sp³-hybridized carbons (Fsp3) is 0.458. The standard InChI is InChI=1S/C24H25F4N3/c1-3-22(24(26,27)28)30-11-7-6-10-20(30)23-18(14-29)17-13-19(25)15(2)12-21(17)31(23)16-8-4-5-9-16/h6-7,10,12-13,16,22H,3-5,8-9,11H2,1-2H3/t22-/m0/s1. The van der Waals surface area contributed by atoms with Crippen LogP contribution in [0.15, 0.2) is 30.4 Å². The van der Waals surface area contributed by atoms with Crippen LogP contribution >= 0.6 is 0 Å². The van der Waals surface area contributed by atoms with Crippen molar-refractivity contribution in [3.05, 3.63) is 53.0 Å². The van der Waals surface area contributed by atoms with Gasteiger partial charge in [-0.3, -0.25) is 0 Å². The first-order chi connectivity index (χ1) is 14.8. The number of halogens is 4. The van der Waals surface area contributed by atoms with E-state index in [1.54, 1.807) is 31.2 Å². The lowest BCUT2D eigenvalue weighted by Gasteiger charge is -2.37. The normalized spacial score (nSPS) is 18.5. The summed E-state index contributed by atoms with van der Waals surface area (Å²) in [5.41, 5.74) is 2.26. The number of nitrogens with zero attached hydrogens (tertiary/aromatic N) is 3. The molecule has 0 amide bonds. The van der Waals surface area contributed by atoms with Crippen molar-refractivity contribution in [3.8, 4) is 6.07 Å². The summed E-state index contributed by atoms with van der Waals surface area (Å²) in [6, 6.07) is 3.66. The van der Waals surface area contributed by atoms with E-state index in [-0.39, 0.29) is 24.6 Å². The van der Waals surface area contributed by atoms with Crippen LogP contribution in [0.1, 0.15) is 61.9 Å². The zero-order chi connectivity index (χ0) is 22.3. The van der Waals surface area contributed by atoms with Gasteiger partial charge in [0.1, 0.15) is 17.9 Å². The van der Waals surface area contributed by atoms with Gasteiger partial charge in [0.25, 0.3) is 0 Å². The van der Waals surface area contributed by atoms with Crippen LogP contribution in [0.4, 0.5) is 17.6 Å². The number of benzene rings is 1. The monoisotopic (exact) mass is 431 g/mol. The van der Waals surface area contributed by atoms with E-state index in [1.807, 2.05) is 4.57 Å². The summed E-state index contributed by atoms with van der Waals surface area (Å²) in [6.07, 6.45) is 4.39. The third-order valence-corrected chi connectivity index (χ3v) is 6.47. The Kier molecular flexibility index (Phi) is 5.59. The number of aromatic nitrogens is 1. The fourth-order valence-corrected chi connectivity index (χ4v) is 5.01. The molecule has 2 heterocycles. The van der Waals surface area contributed by atoms with E-state index in [9.17, 15) is 22.8 Å². The lowest BCUT2D eigenvalue weighted by Crippen LogP contribution is -2.45. The van der Waals surface area contributed by atoms with Gasteiger partial charge in [0, 0.05) is 18.0 Å². The van der Waals surface area contributed by atoms with Crippen molar-refractivity contribution in [3.63, 3.8) is 0 Å². The Morgan fingerprint density at radius 1 is 1.23 bits per heavy atom. The van der Waals surface area contributed by atoms with Crippen LogP contribution in [0, 0.1) is 24.1 Å². The van der Waals surface area contributed by atoms with Gasteiger partial charge in [-0.25, -0.2) is 4.39 Å². The molecular formula is C24H25F4N3. The van der Waals surface area contributed by atoms with Crippen molar-refractivity contribution >= 4 is 16.6 Å². The first-order valence-corrected chi connectivity index (χ1v) is 10.7. The Bertz CT molecular complexity index is 1090. The van der Waals surface area contributed by atoms with Crippen LogP contribution in [0.5, 0.6) is 0 Å². The lowest BCUT2D eigenvalue weighted by atomic mass is 10.0. The van der Waals surface area contributed by atoms with Crippen molar-refractivity contribution in [2.45, 2.75) is 64.2 Å². The molecule has 0 unspecified atom stereocenters. The van der Waals surface area contributed by atoms with Gasteiger partial charge >= 0.3 is 6.18 Å². The van der Waals surface area contributed by atoms with E-state index >= 15 is 0 Å². The second-order valence-electron chi connectivity index (χ2n) is 8.36. The highest BCUT2D eigenvalue weighted by atomic mass is 19.4. The molecule has 0 radical (unpaired) electrons. The number of hydrogen-bond acceptors (Lipinski definition) is 2. The van der Waals surface area contributed by atoms with Gasteiger partial charge in [0.15, 0.2) is 0 Å². The maximum absolute atomic E-state index is 14.4. The van der Waals surface area contributed by atoms with E-state index in [4.69, 9.17) is 0 Å². The molecule has 1 aromatic heterocycles. The Labute approximate surface area is 179 Å². The van der Waals surface area contributed by atoms with Gasteiger partial charge < -0.3 is 9.47 Å². The minimum Gasteiger partial charge on any atom is -0.354 e. The van der Waals surface area contributed by atoms with Crippen LogP contribution in [0.2, 0.25) is 0 Å². The van der Waals surface area contributed by atoms with Crippen molar-refractivity contribution < 1.29 is 17.6 Å². The second kappa shape index (κ2) is 8.07. The molecule has 0 N–H and O–H groups in total. The Morgan fingerprint density at radius 3 is 2.55 bits per heavy atom. The molecule has 1 saturated carbocycles. The molecule has 4 rings (SSSR count).